The first kappa shape index (κ1) is 25.3. The molecule has 0 radical (unpaired) electrons. The molecular formula is C22H23BrClFN2O3S. The van der Waals surface area contributed by atoms with Crippen molar-refractivity contribution in [3.05, 3.63) is 93.7 Å². The Morgan fingerprint density at radius 3 is 2.39 bits per heavy atom. The zero-order chi connectivity index (χ0) is 21.6. The fourth-order valence-electron chi connectivity index (χ4n) is 2.90. The summed E-state index contributed by atoms with van der Waals surface area (Å²) in [5.74, 6) is 0.397. The van der Waals surface area contributed by atoms with Gasteiger partial charge in [0.1, 0.15) is 18.2 Å². The van der Waals surface area contributed by atoms with Crippen LogP contribution in [0.3, 0.4) is 0 Å². The van der Waals surface area contributed by atoms with E-state index in [9.17, 15) is 12.8 Å². The lowest BCUT2D eigenvalue weighted by Gasteiger charge is -2.13. The van der Waals surface area contributed by atoms with Crippen LogP contribution < -0.4 is 15.2 Å². The minimum absolute atomic E-state index is 0. The summed E-state index contributed by atoms with van der Waals surface area (Å²) < 4.78 is 43.2. The molecule has 0 bridgehead atoms. The molecule has 0 aromatic heterocycles. The van der Waals surface area contributed by atoms with Crippen LogP contribution in [0.4, 0.5) is 4.39 Å². The number of sulfonamides is 1. The molecule has 0 aliphatic rings. The smallest absolute Gasteiger partial charge is 0.238 e. The van der Waals surface area contributed by atoms with Crippen LogP contribution in [-0.2, 0) is 29.6 Å². The van der Waals surface area contributed by atoms with E-state index in [1.807, 2.05) is 18.2 Å². The number of nitrogens with one attached hydrogen (secondary N) is 1. The molecule has 0 saturated heterocycles. The van der Waals surface area contributed by atoms with Crippen LogP contribution in [0, 0.1) is 5.82 Å². The van der Waals surface area contributed by atoms with Gasteiger partial charge in [0, 0.05) is 22.1 Å². The van der Waals surface area contributed by atoms with Crippen LogP contribution in [-0.4, -0.2) is 15.0 Å². The molecule has 166 valence electrons. The summed E-state index contributed by atoms with van der Waals surface area (Å²) in [6.45, 7) is 1.41. The molecule has 3 aromatic rings. The van der Waals surface area contributed by atoms with Crippen LogP contribution in [0.5, 0.6) is 5.75 Å². The summed E-state index contributed by atoms with van der Waals surface area (Å²) in [7, 11) is -3.68. The van der Waals surface area contributed by atoms with Crippen LogP contribution in [0.2, 0.25) is 0 Å². The number of nitrogens with two attached hydrogens (primary N) is 1. The van der Waals surface area contributed by atoms with Crippen molar-refractivity contribution in [1.82, 2.24) is 5.32 Å². The summed E-state index contributed by atoms with van der Waals surface area (Å²) in [6, 6.07) is 18.8. The van der Waals surface area contributed by atoms with Gasteiger partial charge in [-0.05, 0) is 54.9 Å². The third-order valence-corrected chi connectivity index (χ3v) is 5.94. The maximum Gasteiger partial charge on any atom is 0.238 e. The van der Waals surface area contributed by atoms with Gasteiger partial charge in [0.15, 0.2) is 0 Å². The molecule has 3 N–H and O–H groups in total. The molecule has 0 unspecified atom stereocenters. The summed E-state index contributed by atoms with van der Waals surface area (Å²) in [4.78, 5) is 0.102. The lowest BCUT2D eigenvalue weighted by atomic mass is 10.1. The van der Waals surface area contributed by atoms with Gasteiger partial charge in [0.05, 0.1) is 4.90 Å². The monoisotopic (exact) mass is 528 g/mol. The average molecular weight is 530 g/mol. The predicted octanol–water partition coefficient (Wildman–Crippen LogP) is 4.57. The molecule has 0 spiro atoms. The third-order valence-electron chi connectivity index (χ3n) is 4.52. The third kappa shape index (κ3) is 7.59. The highest BCUT2D eigenvalue weighted by molar-refractivity contribution is 9.10. The second-order valence-electron chi connectivity index (χ2n) is 6.75. The second kappa shape index (κ2) is 11.6. The Morgan fingerprint density at radius 2 is 1.71 bits per heavy atom. The van der Waals surface area contributed by atoms with Gasteiger partial charge < -0.3 is 10.1 Å². The van der Waals surface area contributed by atoms with Crippen LogP contribution >= 0.6 is 28.3 Å². The molecule has 0 atom stereocenters. The zero-order valence-corrected chi connectivity index (χ0v) is 19.8. The molecule has 0 fully saturated rings. The first-order valence-electron chi connectivity index (χ1n) is 9.30. The SMILES string of the molecule is Cl.NS(=O)(=O)c1ccc(CCNCc2cc(Br)ccc2OCc2ccccc2F)cc1. The average Bonchev–Trinajstić information content (AvgIpc) is 2.71. The molecule has 0 amide bonds. The zero-order valence-electron chi connectivity index (χ0n) is 16.6. The highest BCUT2D eigenvalue weighted by Crippen LogP contribution is 2.24. The molecule has 3 aromatic carbocycles. The van der Waals surface area contributed by atoms with Crippen molar-refractivity contribution in [3.8, 4) is 5.75 Å². The van der Waals surface area contributed by atoms with E-state index in [1.165, 1.54) is 18.2 Å². The van der Waals surface area contributed by atoms with Gasteiger partial charge >= 0.3 is 0 Å². The summed E-state index contributed by atoms with van der Waals surface area (Å²) in [6.07, 6.45) is 0.727. The van der Waals surface area contributed by atoms with Crippen molar-refractivity contribution in [2.24, 2.45) is 5.14 Å². The first-order chi connectivity index (χ1) is 14.3. The van der Waals surface area contributed by atoms with Gasteiger partial charge in [-0.3, -0.25) is 0 Å². The molecule has 31 heavy (non-hydrogen) atoms. The summed E-state index contributed by atoms with van der Waals surface area (Å²) >= 11 is 3.47. The van der Waals surface area contributed by atoms with Gasteiger partial charge in [-0.2, -0.15) is 0 Å². The van der Waals surface area contributed by atoms with E-state index in [-0.39, 0.29) is 29.7 Å². The molecule has 0 aliphatic carbocycles. The van der Waals surface area contributed by atoms with E-state index in [4.69, 9.17) is 9.88 Å². The first-order valence-corrected chi connectivity index (χ1v) is 11.6. The van der Waals surface area contributed by atoms with Crippen LogP contribution in [0.1, 0.15) is 16.7 Å². The number of hydrogen-bond donors (Lipinski definition) is 2. The largest absolute Gasteiger partial charge is 0.488 e. The number of benzene rings is 3. The topological polar surface area (TPSA) is 81.4 Å². The predicted molar refractivity (Wildman–Crippen MR) is 125 cm³/mol. The number of ether oxygens (including phenoxy) is 1. The Hall–Kier alpha value is -1.97. The highest BCUT2D eigenvalue weighted by atomic mass is 79.9. The van der Waals surface area contributed by atoms with E-state index in [1.54, 1.807) is 30.3 Å². The Labute approximate surface area is 196 Å². The molecule has 0 heterocycles. The van der Waals surface area contributed by atoms with E-state index in [2.05, 4.69) is 21.2 Å². The Bertz CT molecular complexity index is 1110. The normalized spacial score (nSPS) is 11.1. The van der Waals surface area contributed by atoms with E-state index >= 15 is 0 Å². The van der Waals surface area contributed by atoms with Crippen molar-refractivity contribution >= 4 is 38.4 Å². The van der Waals surface area contributed by atoms with Crippen LogP contribution in [0.15, 0.2) is 76.1 Å². The molecule has 3 rings (SSSR count). The quantitative estimate of drug-likeness (QED) is 0.398. The summed E-state index contributed by atoms with van der Waals surface area (Å²) in [5.41, 5.74) is 2.45. The van der Waals surface area contributed by atoms with Crippen molar-refractivity contribution in [1.29, 1.82) is 0 Å². The Balaban J connectivity index is 0.00000341. The van der Waals surface area contributed by atoms with Gasteiger partial charge in [-0.25, -0.2) is 17.9 Å². The van der Waals surface area contributed by atoms with E-state index in [0.717, 1.165) is 22.0 Å². The van der Waals surface area contributed by atoms with Gasteiger partial charge in [-0.15, -0.1) is 12.4 Å². The maximum atomic E-state index is 13.8. The van der Waals surface area contributed by atoms with Gasteiger partial charge in [-0.1, -0.05) is 46.3 Å². The van der Waals surface area contributed by atoms with Gasteiger partial charge in [0.25, 0.3) is 0 Å². The van der Waals surface area contributed by atoms with Crippen molar-refractivity contribution < 1.29 is 17.5 Å². The fraction of sp³-hybridized carbons (Fsp3) is 0.182. The Morgan fingerprint density at radius 1 is 1.00 bits per heavy atom. The van der Waals surface area contributed by atoms with Crippen molar-refractivity contribution in [3.63, 3.8) is 0 Å². The molecule has 5 nitrogen and oxygen atoms in total. The fourth-order valence-corrected chi connectivity index (χ4v) is 3.82. The molecule has 0 aliphatic heterocycles. The standard InChI is InChI=1S/C22H22BrFN2O3S.ClH/c23-19-7-10-22(29-15-17-3-1-2-4-21(17)24)18(13-19)14-26-12-11-16-5-8-20(9-6-16)30(25,27)28;/h1-10,13,26H,11-12,14-15H2,(H2,25,27,28);1H. The Kier molecular flexibility index (Phi) is 9.46. The lowest BCUT2D eigenvalue weighted by molar-refractivity contribution is 0.296. The van der Waals surface area contributed by atoms with Crippen LogP contribution in [0.25, 0.3) is 0 Å². The minimum Gasteiger partial charge on any atom is -0.488 e. The maximum absolute atomic E-state index is 13.8. The van der Waals surface area contributed by atoms with Gasteiger partial charge in [0.2, 0.25) is 10.0 Å². The highest BCUT2D eigenvalue weighted by Gasteiger charge is 2.08. The number of halogens is 3. The molecule has 0 saturated carbocycles. The van der Waals surface area contributed by atoms with E-state index < -0.39 is 10.0 Å². The minimum atomic E-state index is -3.68. The number of primary sulfonamides is 1. The lowest BCUT2D eigenvalue weighted by Crippen LogP contribution is -2.17. The molecule has 9 heteroatoms. The van der Waals surface area contributed by atoms with Crippen molar-refractivity contribution in [2.45, 2.75) is 24.5 Å². The summed E-state index contributed by atoms with van der Waals surface area (Å²) in [5, 5.41) is 8.47. The number of rotatable bonds is 9. The van der Waals surface area contributed by atoms with Crippen molar-refractivity contribution in [2.75, 3.05) is 6.54 Å². The molecular weight excluding hydrogens is 507 g/mol. The van der Waals surface area contributed by atoms with E-state index in [0.29, 0.717) is 24.4 Å². The second-order valence-corrected chi connectivity index (χ2v) is 9.22. The number of hydrogen-bond acceptors (Lipinski definition) is 4.